The maximum absolute atomic E-state index is 11.3. The predicted octanol–water partition coefficient (Wildman–Crippen LogP) is -0.774. The molecular formula is C13H16N5O2+. The smallest absolute Gasteiger partial charge is 0.325 e. The molecule has 20 heavy (non-hydrogen) atoms. The van der Waals surface area contributed by atoms with E-state index in [1.807, 2.05) is 24.3 Å². The second kappa shape index (κ2) is 5.87. The first-order valence-electron chi connectivity index (χ1n) is 5.96. The summed E-state index contributed by atoms with van der Waals surface area (Å²) in [5, 5.41) is 2.95. The maximum Gasteiger partial charge on any atom is 0.325 e. The van der Waals surface area contributed by atoms with E-state index >= 15 is 0 Å². The minimum absolute atomic E-state index is 0.225. The molecule has 0 saturated carbocycles. The average Bonchev–Trinajstić information content (AvgIpc) is 2.37. The molecule has 1 aromatic heterocycles. The number of rotatable bonds is 3. The molecule has 0 fully saturated rings. The summed E-state index contributed by atoms with van der Waals surface area (Å²) in [5.41, 5.74) is 6.90. The molecule has 0 spiro atoms. The Hall–Kier alpha value is -2.83. The van der Waals surface area contributed by atoms with Crippen LogP contribution in [0.25, 0.3) is 0 Å². The first-order chi connectivity index (χ1) is 9.58. The summed E-state index contributed by atoms with van der Waals surface area (Å²) < 4.78 is 5.20. The largest absolute Gasteiger partial charge is 0.494 e. The van der Waals surface area contributed by atoms with Gasteiger partial charge in [0.05, 0.1) is 12.8 Å². The Balaban J connectivity index is 2.25. The predicted molar refractivity (Wildman–Crippen MR) is 76.0 cm³/mol. The molecule has 104 valence electrons. The maximum atomic E-state index is 11.3. The van der Waals surface area contributed by atoms with Gasteiger partial charge in [0.1, 0.15) is 5.69 Å². The quantitative estimate of drug-likeness (QED) is 0.434. The molecule has 0 bridgehead atoms. The van der Waals surface area contributed by atoms with Gasteiger partial charge < -0.3 is 10.5 Å². The molecule has 2 aromatic rings. The van der Waals surface area contributed by atoms with Crippen LogP contribution in [-0.4, -0.2) is 23.0 Å². The van der Waals surface area contributed by atoms with Gasteiger partial charge in [-0.15, -0.1) is 4.98 Å². The van der Waals surface area contributed by atoms with Crippen molar-refractivity contribution >= 4 is 17.6 Å². The Kier molecular flexibility index (Phi) is 3.99. The highest BCUT2D eigenvalue weighted by atomic mass is 16.5. The minimum Gasteiger partial charge on any atom is -0.494 e. The Labute approximate surface area is 115 Å². The summed E-state index contributed by atoms with van der Waals surface area (Å²) in [6.45, 7) is 1.73. The van der Waals surface area contributed by atoms with Gasteiger partial charge in [-0.3, -0.25) is 10.1 Å². The number of nitrogens with two attached hydrogens (primary N) is 1. The van der Waals surface area contributed by atoms with Crippen molar-refractivity contribution in [1.82, 2.24) is 9.97 Å². The lowest BCUT2D eigenvalue weighted by atomic mass is 10.3. The molecule has 0 saturated heterocycles. The van der Waals surface area contributed by atoms with Crippen molar-refractivity contribution in [3.8, 4) is 5.75 Å². The topological polar surface area (TPSA) is 107 Å². The number of guanidine groups is 1. The molecule has 1 aromatic carbocycles. The van der Waals surface area contributed by atoms with E-state index in [4.69, 9.17) is 10.5 Å². The summed E-state index contributed by atoms with van der Waals surface area (Å²) in [7, 11) is 1.57. The van der Waals surface area contributed by atoms with Crippen LogP contribution in [0.4, 0.5) is 11.6 Å². The van der Waals surface area contributed by atoms with Crippen LogP contribution in [0.3, 0.4) is 0 Å². The lowest BCUT2D eigenvalue weighted by Crippen LogP contribution is -2.73. The van der Waals surface area contributed by atoms with Gasteiger partial charge in [0.25, 0.3) is 11.5 Å². The molecule has 0 amide bonds. The van der Waals surface area contributed by atoms with E-state index < -0.39 is 0 Å². The van der Waals surface area contributed by atoms with Crippen LogP contribution in [0, 0.1) is 6.92 Å². The lowest BCUT2D eigenvalue weighted by molar-refractivity contribution is -0.365. The van der Waals surface area contributed by atoms with Crippen molar-refractivity contribution in [2.45, 2.75) is 6.92 Å². The lowest BCUT2D eigenvalue weighted by Gasteiger charge is -2.06. The highest BCUT2D eigenvalue weighted by molar-refractivity contribution is 5.89. The number of nitrogens with zero attached hydrogens (tertiary/aromatic N) is 1. The Morgan fingerprint density at radius 2 is 2.20 bits per heavy atom. The fraction of sp³-hybridized carbons (Fsp3) is 0.154. The fourth-order valence-corrected chi connectivity index (χ4v) is 1.69. The van der Waals surface area contributed by atoms with Crippen LogP contribution in [0.15, 0.2) is 35.1 Å². The standard InChI is InChI=1S/C13H15N5O2/c1-8-7-11(19)17-13(15-8)18-12(14)16-9-5-3-4-6-10(9)20-2/h3-7H,1-2H3,(H4,14,15,16,17,18,19)/p+1. The Morgan fingerprint density at radius 3 is 2.90 bits per heavy atom. The van der Waals surface area contributed by atoms with Gasteiger partial charge in [-0.2, -0.15) is 0 Å². The third-order valence-corrected chi connectivity index (χ3v) is 2.50. The SMILES string of the molecule is COc1ccccc1NC(N)=[NH+]c1nc(C)cc(=O)[nH]1. The average molecular weight is 274 g/mol. The molecule has 1 heterocycles. The van der Waals surface area contributed by atoms with Crippen LogP contribution < -0.4 is 26.3 Å². The summed E-state index contributed by atoms with van der Waals surface area (Å²) in [5.74, 6) is 1.15. The first kappa shape index (κ1) is 13.6. The number of hydrogen-bond acceptors (Lipinski definition) is 3. The van der Waals surface area contributed by atoms with Crippen LogP contribution >= 0.6 is 0 Å². The zero-order chi connectivity index (χ0) is 14.5. The van der Waals surface area contributed by atoms with Crippen LogP contribution in [-0.2, 0) is 0 Å². The number of aromatic amines is 1. The Bertz CT molecular complexity index is 693. The number of anilines is 1. The number of methoxy groups -OCH3 is 1. The van der Waals surface area contributed by atoms with Crippen molar-refractivity contribution in [3.63, 3.8) is 0 Å². The number of benzene rings is 1. The second-order valence-corrected chi connectivity index (χ2v) is 4.10. The summed E-state index contributed by atoms with van der Waals surface area (Å²) in [6, 6.07) is 8.73. The molecule has 0 unspecified atom stereocenters. The van der Waals surface area contributed by atoms with Crippen molar-refractivity contribution in [3.05, 3.63) is 46.4 Å². The second-order valence-electron chi connectivity index (χ2n) is 4.10. The number of hydrogen-bond donors (Lipinski definition) is 4. The Morgan fingerprint density at radius 1 is 1.45 bits per heavy atom. The van der Waals surface area contributed by atoms with Crippen LogP contribution in [0.5, 0.6) is 5.75 Å². The van der Waals surface area contributed by atoms with Gasteiger partial charge >= 0.3 is 5.95 Å². The number of H-pyrrole nitrogens is 1. The molecule has 7 nitrogen and oxygen atoms in total. The highest BCUT2D eigenvalue weighted by Crippen LogP contribution is 2.22. The molecule has 0 aliphatic rings. The molecule has 7 heteroatoms. The normalized spacial score (nSPS) is 11.2. The molecule has 0 aliphatic heterocycles. The zero-order valence-electron chi connectivity index (χ0n) is 11.2. The van der Waals surface area contributed by atoms with Crippen molar-refractivity contribution in [2.24, 2.45) is 5.73 Å². The summed E-state index contributed by atoms with van der Waals surface area (Å²) in [4.78, 5) is 20.8. The minimum atomic E-state index is -0.245. The van der Waals surface area contributed by atoms with Gasteiger partial charge in [0, 0.05) is 6.07 Å². The molecular weight excluding hydrogens is 258 g/mol. The van der Waals surface area contributed by atoms with Gasteiger partial charge in [-0.1, -0.05) is 12.1 Å². The molecule has 0 atom stereocenters. The fourth-order valence-electron chi connectivity index (χ4n) is 1.69. The van der Waals surface area contributed by atoms with Crippen molar-refractivity contribution in [2.75, 3.05) is 12.4 Å². The first-order valence-corrected chi connectivity index (χ1v) is 5.96. The van der Waals surface area contributed by atoms with E-state index in [9.17, 15) is 4.79 Å². The van der Waals surface area contributed by atoms with E-state index in [0.717, 1.165) is 0 Å². The van der Waals surface area contributed by atoms with E-state index in [2.05, 4.69) is 20.3 Å². The van der Waals surface area contributed by atoms with E-state index in [-0.39, 0.29) is 17.5 Å². The third kappa shape index (κ3) is 3.35. The number of aromatic nitrogens is 2. The molecule has 2 rings (SSSR count). The summed E-state index contributed by atoms with van der Waals surface area (Å²) in [6.07, 6.45) is 0. The molecule has 0 aliphatic carbocycles. The van der Waals surface area contributed by atoms with Crippen molar-refractivity contribution in [1.29, 1.82) is 0 Å². The monoisotopic (exact) mass is 274 g/mol. The number of aryl methyl sites for hydroxylation is 1. The van der Waals surface area contributed by atoms with E-state index in [0.29, 0.717) is 17.1 Å². The van der Waals surface area contributed by atoms with Gasteiger partial charge in [0.15, 0.2) is 5.75 Å². The zero-order valence-corrected chi connectivity index (χ0v) is 11.2. The summed E-state index contributed by atoms with van der Waals surface area (Å²) >= 11 is 0. The molecule has 5 N–H and O–H groups in total. The molecule has 0 radical (unpaired) electrons. The van der Waals surface area contributed by atoms with E-state index in [1.165, 1.54) is 6.07 Å². The van der Waals surface area contributed by atoms with Gasteiger partial charge in [0.2, 0.25) is 0 Å². The third-order valence-electron chi connectivity index (χ3n) is 2.50. The van der Waals surface area contributed by atoms with Gasteiger partial charge in [-0.05, 0) is 19.1 Å². The van der Waals surface area contributed by atoms with Crippen molar-refractivity contribution < 1.29 is 9.73 Å². The van der Waals surface area contributed by atoms with Gasteiger partial charge in [-0.25, -0.2) is 9.98 Å². The number of ether oxygens (including phenoxy) is 1. The number of nitrogens with one attached hydrogen (secondary N) is 3. The van der Waals surface area contributed by atoms with E-state index in [1.54, 1.807) is 14.0 Å². The number of para-hydroxylation sites is 2. The van der Waals surface area contributed by atoms with Crippen LogP contribution in [0.2, 0.25) is 0 Å². The highest BCUT2D eigenvalue weighted by Gasteiger charge is 2.07. The van der Waals surface area contributed by atoms with Crippen LogP contribution in [0.1, 0.15) is 5.69 Å².